The van der Waals surface area contributed by atoms with Crippen LogP contribution in [0, 0.1) is 11.7 Å². The molecule has 34 heavy (non-hydrogen) atoms. The number of methoxy groups -OCH3 is 1. The summed E-state index contributed by atoms with van der Waals surface area (Å²) in [6.07, 6.45) is 7.43. The second-order valence-corrected chi connectivity index (χ2v) is 8.98. The van der Waals surface area contributed by atoms with Crippen molar-refractivity contribution in [2.75, 3.05) is 26.8 Å². The normalized spacial score (nSPS) is 19.8. The molecule has 1 spiro atoms. The number of carbonyl (C=O) groups excluding carboxylic acids is 1. The van der Waals surface area contributed by atoms with Crippen LogP contribution in [-0.2, 0) is 11.2 Å². The molecule has 0 saturated carbocycles. The Balaban J connectivity index is 1.19. The van der Waals surface area contributed by atoms with Crippen molar-refractivity contribution in [3.05, 3.63) is 60.0 Å². The molecule has 0 bridgehead atoms. The number of hydrogen-bond donors (Lipinski definition) is 0. The summed E-state index contributed by atoms with van der Waals surface area (Å²) in [5.41, 5.74) is 0.957. The first-order chi connectivity index (χ1) is 16.5. The highest BCUT2D eigenvalue weighted by Gasteiger charge is 2.41. The van der Waals surface area contributed by atoms with Crippen LogP contribution in [0.4, 0.5) is 4.39 Å². The van der Waals surface area contributed by atoms with Gasteiger partial charge >= 0.3 is 0 Å². The van der Waals surface area contributed by atoms with Gasteiger partial charge in [-0.15, -0.1) is 0 Å². The highest BCUT2D eigenvalue weighted by atomic mass is 19.1. The van der Waals surface area contributed by atoms with Gasteiger partial charge in [0.25, 0.3) is 5.91 Å². The van der Waals surface area contributed by atoms with Crippen molar-refractivity contribution in [1.29, 1.82) is 0 Å². The Morgan fingerprint density at radius 3 is 2.76 bits per heavy atom. The molecular weight excluding hydrogens is 439 g/mol. The van der Waals surface area contributed by atoms with Crippen LogP contribution in [0.3, 0.4) is 0 Å². The number of aromatic nitrogens is 3. The maximum absolute atomic E-state index is 14.0. The fourth-order valence-corrected chi connectivity index (χ4v) is 4.95. The van der Waals surface area contributed by atoms with Crippen molar-refractivity contribution in [3.63, 3.8) is 0 Å². The highest BCUT2D eigenvalue weighted by Crippen LogP contribution is 2.39. The first-order valence-corrected chi connectivity index (χ1v) is 11.5. The molecule has 178 valence electrons. The van der Waals surface area contributed by atoms with Crippen molar-refractivity contribution in [1.82, 2.24) is 20.0 Å². The lowest BCUT2D eigenvalue weighted by Crippen LogP contribution is -2.51. The number of likely N-dealkylation sites (tertiary alicyclic amines) is 1. The summed E-state index contributed by atoms with van der Waals surface area (Å²) in [6.45, 7) is 1.82. The van der Waals surface area contributed by atoms with Gasteiger partial charge in [0.15, 0.2) is 11.6 Å². The molecule has 1 atom stereocenters. The first kappa shape index (κ1) is 22.5. The van der Waals surface area contributed by atoms with Crippen LogP contribution in [-0.4, -0.2) is 58.3 Å². The standard InChI is InChI=1S/C25H27FN4O4/c1-32-21-3-2-19(15-20(21)26)24(31)30-11-7-25(8-12-30)16-17(6-13-33-25)14-22-28-23(29-34-22)18-4-9-27-10-5-18/h2-5,9-10,15,17H,6-8,11-14,16H2,1H3. The molecule has 8 nitrogen and oxygen atoms in total. The number of rotatable bonds is 5. The Morgan fingerprint density at radius 1 is 1.24 bits per heavy atom. The van der Waals surface area contributed by atoms with Crippen molar-refractivity contribution in [2.24, 2.45) is 5.92 Å². The molecule has 5 rings (SSSR count). The molecule has 0 aliphatic carbocycles. The number of piperidine rings is 1. The molecule has 4 heterocycles. The van der Waals surface area contributed by atoms with Gasteiger partial charge in [0, 0.05) is 49.6 Å². The quantitative estimate of drug-likeness (QED) is 0.563. The van der Waals surface area contributed by atoms with E-state index in [0.717, 1.165) is 31.2 Å². The van der Waals surface area contributed by atoms with Gasteiger partial charge in [-0.3, -0.25) is 9.78 Å². The van der Waals surface area contributed by atoms with E-state index in [4.69, 9.17) is 14.0 Å². The number of hydrogen-bond acceptors (Lipinski definition) is 7. The zero-order valence-electron chi connectivity index (χ0n) is 19.1. The number of benzene rings is 1. The Bertz CT molecular complexity index is 1140. The van der Waals surface area contributed by atoms with Gasteiger partial charge in [-0.2, -0.15) is 4.98 Å². The summed E-state index contributed by atoms with van der Waals surface area (Å²) in [5, 5.41) is 4.11. The van der Waals surface area contributed by atoms with Gasteiger partial charge in [0.2, 0.25) is 11.7 Å². The van der Waals surface area contributed by atoms with Crippen LogP contribution in [0.25, 0.3) is 11.4 Å². The Hall–Kier alpha value is -3.33. The Kier molecular flexibility index (Phi) is 6.28. The third kappa shape index (κ3) is 4.65. The van der Waals surface area contributed by atoms with Crippen LogP contribution < -0.4 is 4.74 Å². The third-order valence-corrected chi connectivity index (χ3v) is 6.83. The topological polar surface area (TPSA) is 90.6 Å². The number of ether oxygens (including phenoxy) is 2. The maximum atomic E-state index is 14.0. The average Bonchev–Trinajstić information content (AvgIpc) is 3.33. The lowest BCUT2D eigenvalue weighted by Gasteiger charge is -2.46. The summed E-state index contributed by atoms with van der Waals surface area (Å²) < 4.78 is 30.7. The van der Waals surface area contributed by atoms with Gasteiger partial charge < -0.3 is 18.9 Å². The number of pyridine rings is 1. The molecule has 2 saturated heterocycles. The molecule has 1 aromatic carbocycles. The predicted octanol–water partition coefficient (Wildman–Crippen LogP) is 3.92. The van der Waals surface area contributed by atoms with Gasteiger partial charge in [-0.25, -0.2) is 4.39 Å². The molecular formula is C25H27FN4O4. The monoisotopic (exact) mass is 466 g/mol. The minimum absolute atomic E-state index is 0.130. The Labute approximate surface area is 197 Å². The number of halogens is 1. The zero-order chi connectivity index (χ0) is 23.5. The first-order valence-electron chi connectivity index (χ1n) is 11.5. The van der Waals surface area contributed by atoms with E-state index in [1.54, 1.807) is 23.4 Å². The molecule has 0 N–H and O–H groups in total. The molecule has 0 radical (unpaired) electrons. The molecule has 2 aliphatic rings. The zero-order valence-corrected chi connectivity index (χ0v) is 19.1. The van der Waals surface area contributed by atoms with Crippen LogP contribution >= 0.6 is 0 Å². The molecule has 2 fully saturated rings. The van der Waals surface area contributed by atoms with E-state index >= 15 is 0 Å². The van der Waals surface area contributed by atoms with E-state index in [-0.39, 0.29) is 17.3 Å². The van der Waals surface area contributed by atoms with E-state index in [9.17, 15) is 9.18 Å². The maximum Gasteiger partial charge on any atom is 0.253 e. The highest BCUT2D eigenvalue weighted by molar-refractivity contribution is 5.94. The van der Waals surface area contributed by atoms with Crippen LogP contribution in [0.5, 0.6) is 5.75 Å². The minimum atomic E-state index is -0.534. The molecule has 2 aliphatic heterocycles. The van der Waals surface area contributed by atoms with Crippen molar-refractivity contribution >= 4 is 5.91 Å². The number of nitrogens with zero attached hydrogens (tertiary/aromatic N) is 4. The molecule has 9 heteroatoms. The van der Waals surface area contributed by atoms with E-state index in [2.05, 4.69) is 15.1 Å². The fourth-order valence-electron chi connectivity index (χ4n) is 4.95. The van der Waals surface area contributed by atoms with Crippen molar-refractivity contribution < 1.29 is 23.2 Å². The SMILES string of the molecule is COc1ccc(C(=O)N2CCC3(CC2)CC(Cc2nc(-c4ccncc4)no2)CCO3)cc1F. The minimum Gasteiger partial charge on any atom is -0.494 e. The lowest BCUT2D eigenvalue weighted by molar-refractivity contribution is -0.124. The summed E-state index contributed by atoms with van der Waals surface area (Å²) in [4.78, 5) is 23.2. The number of amides is 1. The second kappa shape index (κ2) is 9.50. The van der Waals surface area contributed by atoms with Crippen molar-refractivity contribution in [3.8, 4) is 17.1 Å². The second-order valence-electron chi connectivity index (χ2n) is 8.98. The van der Waals surface area contributed by atoms with E-state index in [1.165, 1.54) is 19.2 Å². The summed E-state index contributed by atoms with van der Waals surface area (Å²) in [5.74, 6) is 0.998. The molecule has 1 unspecified atom stereocenters. The summed E-state index contributed by atoms with van der Waals surface area (Å²) in [6, 6.07) is 8.04. The van der Waals surface area contributed by atoms with Gasteiger partial charge in [0.05, 0.1) is 12.7 Å². The van der Waals surface area contributed by atoms with E-state index in [0.29, 0.717) is 49.3 Å². The molecule has 1 amide bonds. The summed E-state index contributed by atoms with van der Waals surface area (Å²) in [7, 11) is 1.40. The van der Waals surface area contributed by atoms with E-state index in [1.807, 2.05) is 12.1 Å². The largest absolute Gasteiger partial charge is 0.494 e. The molecule has 2 aromatic heterocycles. The number of carbonyl (C=O) groups is 1. The third-order valence-electron chi connectivity index (χ3n) is 6.83. The molecule has 3 aromatic rings. The van der Waals surface area contributed by atoms with E-state index < -0.39 is 5.82 Å². The lowest BCUT2D eigenvalue weighted by atomic mass is 9.78. The Morgan fingerprint density at radius 2 is 2.03 bits per heavy atom. The summed E-state index contributed by atoms with van der Waals surface area (Å²) >= 11 is 0. The van der Waals surface area contributed by atoms with Crippen LogP contribution in [0.1, 0.15) is 41.9 Å². The van der Waals surface area contributed by atoms with Gasteiger partial charge in [-0.1, -0.05) is 5.16 Å². The van der Waals surface area contributed by atoms with Gasteiger partial charge in [0.1, 0.15) is 0 Å². The average molecular weight is 467 g/mol. The fraction of sp³-hybridized carbons (Fsp3) is 0.440. The van der Waals surface area contributed by atoms with Gasteiger partial charge in [-0.05, 0) is 61.9 Å². The smallest absolute Gasteiger partial charge is 0.253 e. The predicted molar refractivity (Wildman–Crippen MR) is 121 cm³/mol. The van der Waals surface area contributed by atoms with Crippen molar-refractivity contribution in [2.45, 2.75) is 37.7 Å². The van der Waals surface area contributed by atoms with Crippen LogP contribution in [0.15, 0.2) is 47.2 Å². The van der Waals surface area contributed by atoms with Crippen LogP contribution in [0.2, 0.25) is 0 Å².